The van der Waals surface area contributed by atoms with Crippen molar-refractivity contribution in [2.45, 2.75) is 155 Å². The minimum Gasteiger partial charge on any atom is -0.458 e. The van der Waals surface area contributed by atoms with E-state index in [0.29, 0.717) is 17.6 Å². The molecule has 0 amide bonds. The first-order valence-electron chi connectivity index (χ1n) is 18.0. The topological polar surface area (TPSA) is 110 Å². The second-order valence-electron chi connectivity index (χ2n) is 15.2. The van der Waals surface area contributed by atoms with E-state index < -0.39 is 52.4 Å². The van der Waals surface area contributed by atoms with Gasteiger partial charge in [0.25, 0.3) is 0 Å². The van der Waals surface area contributed by atoms with Crippen LogP contribution in [0, 0.1) is 35.0 Å². The normalized spacial score (nSPS) is 34.5. The molecule has 254 valence electrons. The van der Waals surface area contributed by atoms with Crippen molar-refractivity contribution >= 4 is 17.7 Å². The number of hydrogen-bond donors (Lipinski definition) is 2. The maximum absolute atomic E-state index is 13.4. The number of esters is 2. The van der Waals surface area contributed by atoms with Gasteiger partial charge in [-0.2, -0.15) is 0 Å². The molecule has 7 heteroatoms. The van der Waals surface area contributed by atoms with E-state index in [9.17, 15) is 24.6 Å². The van der Waals surface area contributed by atoms with Crippen molar-refractivity contribution in [1.82, 2.24) is 0 Å². The van der Waals surface area contributed by atoms with Crippen LogP contribution in [0.1, 0.15) is 138 Å². The van der Waals surface area contributed by atoms with E-state index in [1.54, 1.807) is 6.92 Å². The number of fused-ring (bicyclic) bond motifs is 5. The Balaban J connectivity index is 1.40. The third-order valence-electron chi connectivity index (χ3n) is 11.9. The molecule has 0 radical (unpaired) electrons. The van der Waals surface area contributed by atoms with Gasteiger partial charge in [-0.15, -0.1) is 0 Å². The summed E-state index contributed by atoms with van der Waals surface area (Å²) in [5, 5.41) is 23.0. The van der Waals surface area contributed by atoms with Crippen LogP contribution in [-0.4, -0.2) is 51.8 Å². The summed E-state index contributed by atoms with van der Waals surface area (Å²) in [6.45, 7) is 11.1. The molecule has 7 nitrogen and oxygen atoms in total. The second kappa shape index (κ2) is 14.8. The lowest BCUT2D eigenvalue weighted by molar-refractivity contribution is -0.219. The van der Waals surface area contributed by atoms with Gasteiger partial charge in [-0.05, 0) is 30.9 Å². The molecule has 0 bridgehead atoms. The first kappa shape index (κ1) is 35.9. The van der Waals surface area contributed by atoms with Gasteiger partial charge in [0.15, 0.2) is 11.4 Å². The molecule has 0 unspecified atom stereocenters. The highest BCUT2D eigenvalue weighted by molar-refractivity contribution is 6.00. The molecule has 2 fully saturated rings. The zero-order chi connectivity index (χ0) is 33.0. The summed E-state index contributed by atoms with van der Waals surface area (Å²) in [5.41, 5.74) is -1.78. The van der Waals surface area contributed by atoms with Crippen molar-refractivity contribution in [2.75, 3.05) is 6.61 Å². The van der Waals surface area contributed by atoms with Gasteiger partial charge < -0.3 is 19.7 Å². The van der Waals surface area contributed by atoms with E-state index in [-0.39, 0.29) is 30.7 Å². The maximum atomic E-state index is 13.4. The van der Waals surface area contributed by atoms with Crippen molar-refractivity contribution in [2.24, 2.45) is 35.0 Å². The van der Waals surface area contributed by atoms with Crippen molar-refractivity contribution < 1.29 is 34.1 Å². The Labute approximate surface area is 271 Å². The van der Waals surface area contributed by atoms with Crippen LogP contribution in [0.3, 0.4) is 0 Å². The molecule has 0 aromatic rings. The minimum atomic E-state index is -1.42. The van der Waals surface area contributed by atoms with Gasteiger partial charge in [-0.1, -0.05) is 117 Å². The SMILES string of the molecule is CCCCCCCCCCCCCCCC(=O)O[C@@H]1[C@@H](C)[C@]2(O)[C@@H]3C=C(C)C(=O)[C@@H]3CC(CO)=C[C@H]2[C@@H]2C(C)(C)[C@]12OC(C)=O. The number of ketones is 1. The highest BCUT2D eigenvalue weighted by Crippen LogP contribution is 2.77. The molecule has 0 saturated heterocycles. The van der Waals surface area contributed by atoms with Crippen molar-refractivity contribution in [1.29, 1.82) is 0 Å². The zero-order valence-electron chi connectivity index (χ0n) is 28.9. The number of carbonyl (C=O) groups is 3. The molecular weight excluding hydrogens is 568 g/mol. The van der Waals surface area contributed by atoms with Crippen LogP contribution in [0.15, 0.2) is 23.3 Å². The van der Waals surface area contributed by atoms with Crippen LogP contribution in [0.4, 0.5) is 0 Å². The van der Waals surface area contributed by atoms with Crippen LogP contribution in [0.5, 0.6) is 0 Å². The Morgan fingerprint density at radius 2 is 1.47 bits per heavy atom. The molecule has 4 aliphatic rings. The molecule has 4 aliphatic carbocycles. The quantitative estimate of drug-likeness (QED) is 0.0980. The second-order valence-corrected chi connectivity index (χ2v) is 15.2. The number of ether oxygens (including phenoxy) is 2. The van der Waals surface area contributed by atoms with E-state index in [0.717, 1.165) is 19.3 Å². The van der Waals surface area contributed by atoms with Gasteiger partial charge in [0.1, 0.15) is 6.10 Å². The number of aliphatic hydroxyl groups excluding tert-OH is 1. The van der Waals surface area contributed by atoms with Gasteiger partial charge in [0.05, 0.1) is 12.2 Å². The molecule has 0 spiro atoms. The van der Waals surface area contributed by atoms with E-state index >= 15 is 0 Å². The van der Waals surface area contributed by atoms with Crippen LogP contribution in [-0.2, 0) is 23.9 Å². The lowest BCUT2D eigenvalue weighted by Gasteiger charge is -2.52. The van der Waals surface area contributed by atoms with Crippen molar-refractivity contribution in [3.8, 4) is 0 Å². The number of unbranched alkanes of at least 4 members (excludes halogenated alkanes) is 12. The molecule has 2 saturated carbocycles. The van der Waals surface area contributed by atoms with Gasteiger partial charge in [-0.3, -0.25) is 14.4 Å². The summed E-state index contributed by atoms with van der Waals surface area (Å²) in [4.78, 5) is 39.1. The first-order chi connectivity index (χ1) is 21.4. The maximum Gasteiger partial charge on any atom is 0.306 e. The summed E-state index contributed by atoms with van der Waals surface area (Å²) in [6.07, 6.45) is 19.5. The van der Waals surface area contributed by atoms with Gasteiger partial charge >= 0.3 is 11.9 Å². The van der Waals surface area contributed by atoms with E-state index in [1.165, 1.54) is 71.1 Å². The summed E-state index contributed by atoms with van der Waals surface area (Å²) in [6, 6.07) is 0. The molecule has 8 atom stereocenters. The van der Waals surface area contributed by atoms with E-state index in [4.69, 9.17) is 9.47 Å². The third-order valence-corrected chi connectivity index (χ3v) is 11.9. The van der Waals surface area contributed by atoms with Crippen LogP contribution < -0.4 is 0 Å². The first-order valence-corrected chi connectivity index (χ1v) is 18.0. The molecular formula is C38H60O7. The summed E-state index contributed by atoms with van der Waals surface area (Å²) in [7, 11) is 0. The highest BCUT2D eigenvalue weighted by Gasteiger charge is 2.87. The fourth-order valence-corrected chi connectivity index (χ4v) is 9.48. The summed E-state index contributed by atoms with van der Waals surface area (Å²) in [5.74, 6) is -3.21. The lowest BCUT2D eigenvalue weighted by Crippen LogP contribution is -2.63. The standard InChI is InChI=1S/C38H60O7/c1-7-8-9-10-11-12-13-14-15-16-17-18-19-20-32(41)44-35-26(3)37(43)30-21-25(2)33(42)29(30)22-28(24-39)23-31(37)34-36(5,6)38(34,35)45-27(4)40/h21,23,26,29-31,34-35,39,43H,7-20,22,24H2,1-6H3/t26-,29-,30-,31+,34-,35-,37+,38-/m1/s1. The average molecular weight is 629 g/mol. The number of carbonyl (C=O) groups excluding carboxylic acids is 3. The molecule has 0 aromatic carbocycles. The summed E-state index contributed by atoms with van der Waals surface area (Å²) >= 11 is 0. The Morgan fingerprint density at radius 3 is 2.00 bits per heavy atom. The molecule has 45 heavy (non-hydrogen) atoms. The average Bonchev–Trinajstić information content (AvgIpc) is 3.38. The van der Waals surface area contributed by atoms with Gasteiger partial charge in [-0.25, -0.2) is 0 Å². The molecule has 0 aliphatic heterocycles. The fraction of sp³-hybridized carbons (Fsp3) is 0.816. The van der Waals surface area contributed by atoms with Crippen LogP contribution >= 0.6 is 0 Å². The molecule has 2 N–H and O–H groups in total. The monoisotopic (exact) mass is 628 g/mol. The smallest absolute Gasteiger partial charge is 0.306 e. The fourth-order valence-electron chi connectivity index (χ4n) is 9.48. The van der Waals surface area contributed by atoms with Gasteiger partial charge in [0.2, 0.25) is 0 Å². The predicted molar refractivity (Wildman–Crippen MR) is 175 cm³/mol. The number of rotatable bonds is 17. The van der Waals surface area contributed by atoms with Gasteiger partial charge in [0, 0.05) is 48.3 Å². The largest absolute Gasteiger partial charge is 0.458 e. The number of allylic oxidation sites excluding steroid dienone is 1. The zero-order valence-corrected chi connectivity index (χ0v) is 28.9. The number of Topliss-reactive ketones (excluding diaryl/α,β-unsaturated/α-hetero) is 1. The Hall–Kier alpha value is -1.99. The van der Waals surface area contributed by atoms with Crippen LogP contribution in [0.2, 0.25) is 0 Å². The Kier molecular flexibility index (Phi) is 11.8. The third kappa shape index (κ3) is 6.86. The van der Waals surface area contributed by atoms with Crippen molar-refractivity contribution in [3.05, 3.63) is 23.3 Å². The van der Waals surface area contributed by atoms with Crippen molar-refractivity contribution in [3.63, 3.8) is 0 Å². The Morgan fingerprint density at radius 1 is 0.911 bits per heavy atom. The summed E-state index contributed by atoms with van der Waals surface area (Å²) < 4.78 is 12.4. The number of aliphatic hydroxyl groups is 2. The number of hydrogen-bond acceptors (Lipinski definition) is 7. The molecule has 0 heterocycles. The lowest BCUT2D eigenvalue weighted by atomic mass is 9.60. The van der Waals surface area contributed by atoms with Crippen LogP contribution in [0.25, 0.3) is 0 Å². The van der Waals surface area contributed by atoms with E-state index in [2.05, 4.69) is 6.92 Å². The molecule has 0 aromatic heterocycles. The predicted octanol–water partition coefficient (Wildman–Crippen LogP) is 7.42. The highest BCUT2D eigenvalue weighted by atomic mass is 16.6. The molecule has 4 rings (SSSR count). The minimum absolute atomic E-state index is 0.0107. The Bertz CT molecular complexity index is 1140. The van der Waals surface area contributed by atoms with E-state index in [1.807, 2.05) is 32.9 Å².